The van der Waals surface area contributed by atoms with Crippen LogP contribution in [0.25, 0.3) is 0 Å². The van der Waals surface area contributed by atoms with Crippen LogP contribution >= 0.6 is 23.4 Å². The zero-order valence-electron chi connectivity index (χ0n) is 15.7. The second-order valence-electron chi connectivity index (χ2n) is 6.08. The van der Waals surface area contributed by atoms with E-state index in [0.717, 1.165) is 11.0 Å². The molecule has 2 aromatic carbocycles. The van der Waals surface area contributed by atoms with Gasteiger partial charge in [-0.15, -0.1) is 0 Å². The van der Waals surface area contributed by atoms with Crippen molar-refractivity contribution in [2.24, 2.45) is 0 Å². The van der Waals surface area contributed by atoms with E-state index in [9.17, 15) is 22.8 Å². The van der Waals surface area contributed by atoms with Crippen molar-refractivity contribution in [3.63, 3.8) is 0 Å². The highest BCUT2D eigenvalue weighted by atomic mass is 35.5. The molecule has 160 valence electrons. The van der Waals surface area contributed by atoms with Crippen LogP contribution in [-0.2, 0) is 15.7 Å². The minimum Gasteiger partial charge on any atom is -0.452 e. The molecule has 0 aliphatic heterocycles. The fourth-order valence-corrected chi connectivity index (χ4v) is 3.55. The van der Waals surface area contributed by atoms with Crippen LogP contribution in [0.4, 0.5) is 18.9 Å². The average molecular weight is 467 g/mol. The van der Waals surface area contributed by atoms with Crippen molar-refractivity contribution in [1.82, 2.24) is 4.98 Å². The van der Waals surface area contributed by atoms with Gasteiger partial charge in [-0.25, -0.2) is 9.78 Å². The highest BCUT2D eigenvalue weighted by molar-refractivity contribution is 7.99. The number of amides is 1. The lowest BCUT2D eigenvalue weighted by molar-refractivity contribution is -0.137. The summed E-state index contributed by atoms with van der Waals surface area (Å²) in [7, 11) is 0. The van der Waals surface area contributed by atoms with Gasteiger partial charge in [0.05, 0.1) is 16.8 Å². The van der Waals surface area contributed by atoms with Gasteiger partial charge in [-0.3, -0.25) is 4.79 Å². The van der Waals surface area contributed by atoms with Crippen LogP contribution in [0.15, 0.2) is 76.8 Å². The summed E-state index contributed by atoms with van der Waals surface area (Å²) in [5, 5.41) is 2.33. The van der Waals surface area contributed by atoms with Crippen molar-refractivity contribution >= 4 is 40.9 Å². The van der Waals surface area contributed by atoms with Crippen molar-refractivity contribution in [3.05, 3.63) is 83.0 Å². The van der Waals surface area contributed by atoms with Crippen molar-refractivity contribution in [2.45, 2.75) is 16.1 Å². The summed E-state index contributed by atoms with van der Waals surface area (Å²) in [6.07, 6.45) is -3.21. The second kappa shape index (κ2) is 9.84. The number of esters is 1. The fourth-order valence-electron chi connectivity index (χ4n) is 2.48. The molecule has 0 aliphatic rings. The Morgan fingerprint density at radius 3 is 2.52 bits per heavy atom. The number of ether oxygens (including phenoxy) is 1. The molecule has 3 aromatic rings. The highest BCUT2D eigenvalue weighted by Crippen LogP contribution is 2.36. The van der Waals surface area contributed by atoms with E-state index < -0.39 is 35.9 Å². The van der Waals surface area contributed by atoms with Crippen LogP contribution in [0.3, 0.4) is 0 Å². The molecule has 1 amide bonds. The topological polar surface area (TPSA) is 68.3 Å². The first-order valence-electron chi connectivity index (χ1n) is 8.75. The van der Waals surface area contributed by atoms with E-state index in [0.29, 0.717) is 11.1 Å². The van der Waals surface area contributed by atoms with E-state index in [4.69, 9.17) is 16.3 Å². The first-order valence-corrected chi connectivity index (χ1v) is 9.95. The van der Waals surface area contributed by atoms with Gasteiger partial charge in [-0.1, -0.05) is 41.6 Å². The first kappa shape index (κ1) is 22.6. The van der Waals surface area contributed by atoms with Crippen molar-refractivity contribution in [1.29, 1.82) is 0 Å². The number of carbonyl (C=O) groups is 2. The number of rotatable bonds is 6. The molecule has 0 fully saturated rings. The molecule has 0 saturated heterocycles. The third-order valence-electron chi connectivity index (χ3n) is 3.84. The molecular formula is C21H14ClF3N2O3S. The predicted molar refractivity (Wildman–Crippen MR) is 110 cm³/mol. The van der Waals surface area contributed by atoms with Crippen LogP contribution in [0.5, 0.6) is 0 Å². The van der Waals surface area contributed by atoms with Gasteiger partial charge in [0.15, 0.2) is 6.61 Å². The Balaban J connectivity index is 1.66. The average Bonchev–Trinajstić information content (AvgIpc) is 2.74. The lowest BCUT2D eigenvalue weighted by Crippen LogP contribution is -2.23. The number of aromatic nitrogens is 1. The first-order chi connectivity index (χ1) is 14.7. The summed E-state index contributed by atoms with van der Waals surface area (Å²) < 4.78 is 44.4. The summed E-state index contributed by atoms with van der Waals surface area (Å²) in [6, 6.07) is 15.2. The van der Waals surface area contributed by atoms with Gasteiger partial charge >= 0.3 is 12.1 Å². The van der Waals surface area contributed by atoms with E-state index in [1.165, 1.54) is 36.2 Å². The fraction of sp³-hybridized carbons (Fsp3) is 0.0952. The number of hydrogen-bond donors (Lipinski definition) is 1. The maximum Gasteiger partial charge on any atom is 0.418 e. The minimum atomic E-state index is -4.72. The summed E-state index contributed by atoms with van der Waals surface area (Å²) in [5.41, 5.74) is -1.46. The van der Waals surface area contributed by atoms with E-state index >= 15 is 0 Å². The molecule has 10 heteroatoms. The van der Waals surface area contributed by atoms with E-state index in [1.807, 2.05) is 30.3 Å². The molecule has 31 heavy (non-hydrogen) atoms. The third-order valence-corrected chi connectivity index (χ3v) is 5.11. The van der Waals surface area contributed by atoms with Crippen LogP contribution < -0.4 is 5.32 Å². The Hall–Kier alpha value is -3.04. The lowest BCUT2D eigenvalue weighted by atomic mass is 10.1. The quantitative estimate of drug-likeness (QED) is 0.472. The molecule has 0 spiro atoms. The van der Waals surface area contributed by atoms with Gasteiger partial charge < -0.3 is 10.1 Å². The maximum atomic E-state index is 13.1. The summed E-state index contributed by atoms with van der Waals surface area (Å²) in [5.74, 6) is -1.75. The molecule has 0 saturated carbocycles. The van der Waals surface area contributed by atoms with Gasteiger partial charge in [-0.2, -0.15) is 13.2 Å². The Morgan fingerprint density at radius 1 is 1.06 bits per heavy atom. The molecule has 0 bridgehead atoms. The largest absolute Gasteiger partial charge is 0.452 e. The zero-order valence-corrected chi connectivity index (χ0v) is 17.2. The Morgan fingerprint density at radius 2 is 1.81 bits per heavy atom. The number of halogens is 4. The van der Waals surface area contributed by atoms with Gasteiger partial charge in [0, 0.05) is 16.1 Å². The normalized spacial score (nSPS) is 11.1. The Kier molecular flexibility index (Phi) is 7.19. The maximum absolute atomic E-state index is 13.1. The van der Waals surface area contributed by atoms with Gasteiger partial charge in [0.25, 0.3) is 5.91 Å². The zero-order chi connectivity index (χ0) is 22.4. The van der Waals surface area contributed by atoms with E-state index in [-0.39, 0.29) is 10.6 Å². The van der Waals surface area contributed by atoms with Crippen LogP contribution in [0.2, 0.25) is 5.02 Å². The molecule has 0 aliphatic carbocycles. The van der Waals surface area contributed by atoms with E-state index in [2.05, 4.69) is 10.3 Å². The molecule has 1 heterocycles. The smallest absolute Gasteiger partial charge is 0.418 e. The van der Waals surface area contributed by atoms with Gasteiger partial charge in [-0.05, 0) is 42.5 Å². The van der Waals surface area contributed by atoms with Crippen LogP contribution in [-0.4, -0.2) is 23.5 Å². The lowest BCUT2D eigenvalue weighted by Gasteiger charge is -2.14. The number of pyridine rings is 1. The summed E-state index contributed by atoms with van der Waals surface area (Å²) in [6.45, 7) is -0.775. The van der Waals surface area contributed by atoms with E-state index in [1.54, 1.807) is 0 Å². The number of benzene rings is 2. The molecular weight excluding hydrogens is 453 g/mol. The number of nitrogens with zero attached hydrogens (tertiary/aromatic N) is 1. The Bertz CT molecular complexity index is 1090. The standard InChI is InChI=1S/C21H14ClF3N2O3S/c22-13-8-9-17(16(11-13)21(23,24)25)27-18(28)12-30-20(29)15-7-4-10-26-19(15)31-14-5-2-1-3-6-14/h1-11H,12H2,(H,27,28). The van der Waals surface area contributed by atoms with Crippen LogP contribution in [0, 0.1) is 0 Å². The van der Waals surface area contributed by atoms with Crippen molar-refractivity contribution in [3.8, 4) is 0 Å². The highest BCUT2D eigenvalue weighted by Gasteiger charge is 2.34. The van der Waals surface area contributed by atoms with Gasteiger partial charge in [0.2, 0.25) is 0 Å². The number of hydrogen-bond acceptors (Lipinski definition) is 5. The van der Waals surface area contributed by atoms with Gasteiger partial charge in [0.1, 0.15) is 5.03 Å². The van der Waals surface area contributed by atoms with Crippen molar-refractivity contribution < 1.29 is 27.5 Å². The monoisotopic (exact) mass is 466 g/mol. The van der Waals surface area contributed by atoms with Crippen LogP contribution in [0.1, 0.15) is 15.9 Å². The molecule has 5 nitrogen and oxygen atoms in total. The molecule has 3 rings (SSSR count). The number of alkyl halides is 3. The molecule has 0 atom stereocenters. The minimum absolute atomic E-state index is 0.128. The predicted octanol–water partition coefficient (Wildman–Crippen LogP) is 5.70. The summed E-state index contributed by atoms with van der Waals surface area (Å²) >= 11 is 6.85. The number of carbonyl (C=O) groups excluding carboxylic acids is 2. The molecule has 1 aromatic heterocycles. The third kappa shape index (κ3) is 6.22. The second-order valence-corrected chi connectivity index (χ2v) is 7.58. The number of nitrogens with one attached hydrogen (secondary N) is 1. The number of anilines is 1. The molecule has 1 N–H and O–H groups in total. The Labute approximate surface area is 184 Å². The van der Waals surface area contributed by atoms with Crippen molar-refractivity contribution in [2.75, 3.05) is 11.9 Å². The molecule has 0 radical (unpaired) electrons. The SMILES string of the molecule is O=C(COC(=O)c1cccnc1Sc1ccccc1)Nc1ccc(Cl)cc1C(F)(F)F. The summed E-state index contributed by atoms with van der Waals surface area (Å²) in [4.78, 5) is 29.5. The molecule has 0 unspecified atom stereocenters.